The summed E-state index contributed by atoms with van der Waals surface area (Å²) < 4.78 is 1.88. The van der Waals surface area contributed by atoms with Gasteiger partial charge in [-0.15, -0.1) is 0 Å². The van der Waals surface area contributed by atoms with Crippen molar-refractivity contribution >= 4 is 29.2 Å². The number of rotatable bonds is 8. The molecule has 2 aromatic rings. The number of nitrogens with one attached hydrogen (secondary N) is 2. The molecule has 3 heterocycles. The highest BCUT2D eigenvalue weighted by Gasteiger charge is 2.30. The highest BCUT2D eigenvalue weighted by molar-refractivity contribution is 5.93. The Bertz CT molecular complexity index is 1030. The molecule has 0 aliphatic carbocycles. The lowest BCUT2D eigenvalue weighted by Crippen LogP contribution is -2.42. The van der Waals surface area contributed by atoms with Crippen molar-refractivity contribution in [2.24, 2.45) is 5.92 Å². The molecule has 0 spiro atoms. The second-order valence-electron chi connectivity index (χ2n) is 9.10. The van der Waals surface area contributed by atoms with E-state index in [9.17, 15) is 14.4 Å². The number of hydrogen-bond donors (Lipinski definition) is 2. The average Bonchev–Trinajstić information content (AvgIpc) is 3.39. The van der Waals surface area contributed by atoms with E-state index >= 15 is 0 Å². The van der Waals surface area contributed by atoms with E-state index in [1.807, 2.05) is 46.8 Å². The number of likely N-dealkylation sites (tertiary alicyclic amines) is 1. The number of carbonyl (C=O) groups excluding carboxylic acids is 3. The van der Waals surface area contributed by atoms with Crippen LogP contribution in [0.5, 0.6) is 0 Å². The summed E-state index contributed by atoms with van der Waals surface area (Å²) in [6, 6.07) is 9.86. The first-order chi connectivity index (χ1) is 16.4. The first-order valence-electron chi connectivity index (χ1n) is 12.2. The Morgan fingerprint density at radius 3 is 2.50 bits per heavy atom. The number of aryl methyl sites for hydroxylation is 1. The molecule has 9 nitrogen and oxygen atoms in total. The zero-order valence-electron chi connectivity index (χ0n) is 20.0. The summed E-state index contributed by atoms with van der Waals surface area (Å²) in [6.07, 6.45) is 3.84. The summed E-state index contributed by atoms with van der Waals surface area (Å²) in [7, 11) is 0. The Kier molecular flexibility index (Phi) is 7.49. The van der Waals surface area contributed by atoms with Gasteiger partial charge in [0, 0.05) is 52.0 Å². The maximum atomic E-state index is 12.7. The molecule has 0 radical (unpaired) electrons. The molecule has 0 unspecified atom stereocenters. The Labute approximate surface area is 200 Å². The largest absolute Gasteiger partial charge is 0.356 e. The van der Waals surface area contributed by atoms with Crippen LogP contribution in [0.3, 0.4) is 0 Å². The van der Waals surface area contributed by atoms with Crippen LogP contribution in [0.15, 0.2) is 30.3 Å². The van der Waals surface area contributed by atoms with Crippen molar-refractivity contribution in [3.8, 4) is 5.69 Å². The van der Waals surface area contributed by atoms with Crippen molar-refractivity contribution in [1.29, 1.82) is 0 Å². The van der Waals surface area contributed by atoms with Crippen LogP contribution in [0.2, 0.25) is 0 Å². The molecule has 1 aromatic carbocycles. The molecule has 182 valence electrons. The van der Waals surface area contributed by atoms with Gasteiger partial charge in [-0.25, -0.2) is 4.68 Å². The topological polar surface area (TPSA) is 99.6 Å². The Hall–Kier alpha value is -3.36. The van der Waals surface area contributed by atoms with Crippen LogP contribution >= 0.6 is 0 Å². The molecular formula is C25H34N6O3. The Morgan fingerprint density at radius 1 is 1.12 bits per heavy atom. The minimum absolute atomic E-state index is 0.0388. The van der Waals surface area contributed by atoms with Gasteiger partial charge >= 0.3 is 0 Å². The predicted octanol–water partition coefficient (Wildman–Crippen LogP) is 2.48. The number of anilines is 2. The van der Waals surface area contributed by atoms with Gasteiger partial charge in [-0.2, -0.15) is 5.10 Å². The van der Waals surface area contributed by atoms with E-state index in [0.29, 0.717) is 32.6 Å². The van der Waals surface area contributed by atoms with Gasteiger partial charge in [0.15, 0.2) is 5.82 Å². The van der Waals surface area contributed by atoms with Crippen LogP contribution < -0.4 is 15.5 Å². The standard InChI is InChI=1S/C25H34N6O3/c1-18-23(27-19(2)32)25(31(28-18)21-8-4-3-5-9-21)30-16-11-20(12-17-30)24(34)26-13-7-15-29-14-6-10-22(29)33/h3-5,8-9,20H,6-7,10-17H2,1-2H3,(H,26,34)(H,27,32). The lowest BCUT2D eigenvalue weighted by atomic mass is 9.95. The van der Waals surface area contributed by atoms with Gasteiger partial charge in [-0.05, 0) is 44.7 Å². The molecule has 2 aliphatic rings. The first kappa shape index (κ1) is 23.8. The quantitative estimate of drug-likeness (QED) is 0.583. The summed E-state index contributed by atoms with van der Waals surface area (Å²) >= 11 is 0. The average molecular weight is 467 g/mol. The molecule has 34 heavy (non-hydrogen) atoms. The molecule has 2 N–H and O–H groups in total. The third-order valence-corrected chi connectivity index (χ3v) is 6.58. The molecule has 2 fully saturated rings. The van der Waals surface area contributed by atoms with Crippen molar-refractivity contribution in [2.75, 3.05) is 42.9 Å². The number of nitrogens with zero attached hydrogens (tertiary/aromatic N) is 4. The van der Waals surface area contributed by atoms with E-state index in [2.05, 4.69) is 15.5 Å². The van der Waals surface area contributed by atoms with E-state index in [1.54, 1.807) is 0 Å². The second kappa shape index (κ2) is 10.7. The molecule has 0 bridgehead atoms. The molecule has 1 aromatic heterocycles. The van der Waals surface area contributed by atoms with Crippen LogP contribution in [-0.4, -0.2) is 65.1 Å². The molecule has 9 heteroatoms. The lowest BCUT2D eigenvalue weighted by molar-refractivity contribution is -0.127. The highest BCUT2D eigenvalue weighted by atomic mass is 16.2. The first-order valence-corrected chi connectivity index (χ1v) is 12.2. The Balaban J connectivity index is 1.37. The van der Waals surface area contributed by atoms with E-state index in [4.69, 9.17) is 5.10 Å². The SMILES string of the molecule is CC(=O)Nc1c(C)nn(-c2ccccc2)c1N1CCC(C(=O)NCCCN2CCCC2=O)CC1. The lowest BCUT2D eigenvalue weighted by Gasteiger charge is -2.33. The van der Waals surface area contributed by atoms with Crippen LogP contribution in [0.25, 0.3) is 5.69 Å². The monoisotopic (exact) mass is 466 g/mol. The maximum absolute atomic E-state index is 12.7. The Morgan fingerprint density at radius 2 is 1.85 bits per heavy atom. The number of carbonyl (C=O) groups is 3. The molecule has 0 saturated carbocycles. The summed E-state index contributed by atoms with van der Waals surface area (Å²) in [5.41, 5.74) is 2.40. The van der Waals surface area contributed by atoms with Gasteiger partial charge in [0.2, 0.25) is 17.7 Å². The summed E-state index contributed by atoms with van der Waals surface area (Å²) in [5, 5.41) is 10.7. The predicted molar refractivity (Wildman–Crippen MR) is 131 cm³/mol. The van der Waals surface area contributed by atoms with Crippen LogP contribution in [0, 0.1) is 12.8 Å². The van der Waals surface area contributed by atoms with E-state index in [0.717, 1.165) is 55.1 Å². The van der Waals surface area contributed by atoms with Gasteiger partial charge in [-0.1, -0.05) is 18.2 Å². The van der Waals surface area contributed by atoms with Gasteiger partial charge in [0.05, 0.1) is 11.4 Å². The van der Waals surface area contributed by atoms with Crippen molar-refractivity contribution in [3.63, 3.8) is 0 Å². The van der Waals surface area contributed by atoms with E-state index < -0.39 is 0 Å². The molecule has 2 saturated heterocycles. The minimum atomic E-state index is -0.137. The van der Waals surface area contributed by atoms with Crippen LogP contribution in [-0.2, 0) is 14.4 Å². The minimum Gasteiger partial charge on any atom is -0.356 e. The fourth-order valence-electron chi connectivity index (χ4n) is 4.80. The zero-order chi connectivity index (χ0) is 24.1. The normalized spacial score (nSPS) is 16.7. The van der Waals surface area contributed by atoms with Crippen LogP contribution in [0.1, 0.15) is 44.7 Å². The summed E-state index contributed by atoms with van der Waals surface area (Å²) in [6.45, 7) is 6.94. The van der Waals surface area contributed by atoms with Gasteiger partial charge in [0.1, 0.15) is 5.69 Å². The number of aromatic nitrogens is 2. The number of benzene rings is 1. The molecule has 4 rings (SSSR count). The number of hydrogen-bond acceptors (Lipinski definition) is 5. The number of piperidine rings is 1. The van der Waals surface area contributed by atoms with Crippen molar-refractivity contribution in [2.45, 2.75) is 46.0 Å². The van der Waals surface area contributed by atoms with Gasteiger partial charge in [-0.3, -0.25) is 14.4 Å². The van der Waals surface area contributed by atoms with E-state index in [1.165, 1.54) is 6.92 Å². The molecular weight excluding hydrogens is 432 g/mol. The summed E-state index contributed by atoms with van der Waals surface area (Å²) in [5.74, 6) is 0.988. The third kappa shape index (κ3) is 5.40. The molecule has 3 amide bonds. The smallest absolute Gasteiger partial charge is 0.223 e. The number of amides is 3. The van der Waals surface area contributed by atoms with E-state index in [-0.39, 0.29) is 23.6 Å². The van der Waals surface area contributed by atoms with Gasteiger partial charge in [0.25, 0.3) is 0 Å². The van der Waals surface area contributed by atoms with Crippen LogP contribution in [0.4, 0.5) is 11.5 Å². The second-order valence-corrected chi connectivity index (χ2v) is 9.10. The van der Waals surface area contributed by atoms with Crippen molar-refractivity contribution in [1.82, 2.24) is 20.0 Å². The van der Waals surface area contributed by atoms with Crippen molar-refractivity contribution in [3.05, 3.63) is 36.0 Å². The van der Waals surface area contributed by atoms with Gasteiger partial charge < -0.3 is 20.4 Å². The molecule has 2 aliphatic heterocycles. The zero-order valence-corrected chi connectivity index (χ0v) is 20.0. The molecule has 0 atom stereocenters. The maximum Gasteiger partial charge on any atom is 0.223 e. The number of para-hydroxylation sites is 1. The fourth-order valence-corrected chi connectivity index (χ4v) is 4.80. The summed E-state index contributed by atoms with van der Waals surface area (Å²) in [4.78, 5) is 40.4. The van der Waals surface area contributed by atoms with Crippen molar-refractivity contribution < 1.29 is 14.4 Å². The highest BCUT2D eigenvalue weighted by Crippen LogP contribution is 2.34. The third-order valence-electron chi connectivity index (χ3n) is 6.58. The fraction of sp³-hybridized carbons (Fsp3) is 0.520.